The molecule has 5 nitrogen and oxygen atoms in total. The number of carbonyl (C=O) groups is 1. The number of rotatable bonds is 8. The third-order valence-corrected chi connectivity index (χ3v) is 2.52. The second-order valence-corrected chi connectivity index (χ2v) is 3.98. The molecule has 0 aliphatic rings. The lowest BCUT2D eigenvalue weighted by Crippen LogP contribution is -2.33. The predicted molar refractivity (Wildman–Crippen MR) is 74.6 cm³/mol. The highest BCUT2D eigenvalue weighted by Crippen LogP contribution is 2.27. The summed E-state index contributed by atoms with van der Waals surface area (Å²) < 4.78 is 10.7. The second-order valence-electron chi connectivity index (χ2n) is 3.98. The first-order valence-corrected chi connectivity index (χ1v) is 6.48. The zero-order valence-electron chi connectivity index (χ0n) is 11.8. The first-order chi connectivity index (χ1) is 9.21. The maximum Gasteiger partial charge on any atom is 0.233 e. The van der Waals surface area contributed by atoms with Crippen molar-refractivity contribution in [2.24, 2.45) is 0 Å². The molecule has 0 saturated carbocycles. The van der Waals surface area contributed by atoms with Gasteiger partial charge in [-0.05, 0) is 31.5 Å². The normalized spacial score (nSPS) is 10.1. The monoisotopic (exact) mass is 266 g/mol. The van der Waals surface area contributed by atoms with Crippen LogP contribution in [0.4, 0.5) is 0 Å². The van der Waals surface area contributed by atoms with Crippen molar-refractivity contribution < 1.29 is 14.3 Å². The smallest absolute Gasteiger partial charge is 0.233 e. The first kappa shape index (κ1) is 15.3. The Labute approximate surface area is 114 Å². The molecule has 0 fully saturated rings. The number of carbonyl (C=O) groups excluding carboxylic acids is 1. The van der Waals surface area contributed by atoms with E-state index in [0.29, 0.717) is 32.0 Å². The summed E-state index contributed by atoms with van der Waals surface area (Å²) in [7, 11) is 1.61. The zero-order valence-corrected chi connectivity index (χ0v) is 11.8. The standard InChI is InChI=1S/C14H22N2O3/c1-4-16-14(17)10-15-9-11-6-7-12(19-5-2)13(8-11)18-3/h6-8,15H,4-5,9-10H2,1-3H3,(H,16,17). The summed E-state index contributed by atoms with van der Waals surface area (Å²) in [6.07, 6.45) is 0. The Bertz CT molecular complexity index is 408. The molecule has 1 amide bonds. The van der Waals surface area contributed by atoms with Crippen molar-refractivity contribution >= 4 is 5.91 Å². The summed E-state index contributed by atoms with van der Waals surface area (Å²) in [5.74, 6) is 1.44. The molecule has 1 rings (SSSR count). The van der Waals surface area contributed by atoms with Gasteiger partial charge in [-0.1, -0.05) is 6.07 Å². The third-order valence-electron chi connectivity index (χ3n) is 2.52. The Morgan fingerprint density at radius 1 is 1.26 bits per heavy atom. The lowest BCUT2D eigenvalue weighted by molar-refractivity contribution is -0.120. The van der Waals surface area contributed by atoms with E-state index in [4.69, 9.17) is 9.47 Å². The van der Waals surface area contributed by atoms with E-state index in [9.17, 15) is 4.79 Å². The van der Waals surface area contributed by atoms with Crippen molar-refractivity contribution in [3.63, 3.8) is 0 Å². The molecule has 1 aromatic carbocycles. The molecule has 0 radical (unpaired) electrons. The van der Waals surface area contributed by atoms with Crippen molar-refractivity contribution in [3.8, 4) is 11.5 Å². The van der Waals surface area contributed by atoms with E-state index in [1.54, 1.807) is 7.11 Å². The van der Waals surface area contributed by atoms with Gasteiger partial charge in [0.2, 0.25) is 5.91 Å². The molecule has 0 aliphatic carbocycles. The number of benzene rings is 1. The SMILES string of the molecule is CCNC(=O)CNCc1ccc(OCC)c(OC)c1. The topological polar surface area (TPSA) is 59.6 Å². The highest BCUT2D eigenvalue weighted by Gasteiger charge is 2.05. The van der Waals surface area contributed by atoms with Gasteiger partial charge in [0.05, 0.1) is 20.3 Å². The minimum absolute atomic E-state index is 0.000372. The number of hydrogen-bond donors (Lipinski definition) is 2. The summed E-state index contributed by atoms with van der Waals surface area (Å²) >= 11 is 0. The molecule has 106 valence electrons. The minimum Gasteiger partial charge on any atom is -0.493 e. The minimum atomic E-state index is 0.000372. The van der Waals surface area contributed by atoms with Gasteiger partial charge in [0.15, 0.2) is 11.5 Å². The van der Waals surface area contributed by atoms with Gasteiger partial charge in [-0.15, -0.1) is 0 Å². The molecule has 0 spiro atoms. The Balaban J connectivity index is 2.52. The average molecular weight is 266 g/mol. The number of ether oxygens (including phenoxy) is 2. The van der Waals surface area contributed by atoms with Crippen LogP contribution in [0.2, 0.25) is 0 Å². The van der Waals surface area contributed by atoms with Crippen LogP contribution in [0.15, 0.2) is 18.2 Å². The molecule has 19 heavy (non-hydrogen) atoms. The van der Waals surface area contributed by atoms with Crippen molar-refractivity contribution in [2.45, 2.75) is 20.4 Å². The van der Waals surface area contributed by atoms with E-state index in [1.807, 2.05) is 32.0 Å². The van der Waals surface area contributed by atoms with Gasteiger partial charge in [-0.3, -0.25) is 4.79 Å². The zero-order chi connectivity index (χ0) is 14.1. The third kappa shape index (κ3) is 5.18. The fourth-order valence-electron chi connectivity index (χ4n) is 1.68. The maximum absolute atomic E-state index is 11.3. The van der Waals surface area contributed by atoms with Crippen molar-refractivity contribution in [2.75, 3.05) is 26.8 Å². The van der Waals surface area contributed by atoms with Crippen LogP contribution < -0.4 is 20.1 Å². The van der Waals surface area contributed by atoms with Gasteiger partial charge in [-0.2, -0.15) is 0 Å². The van der Waals surface area contributed by atoms with Crippen molar-refractivity contribution in [3.05, 3.63) is 23.8 Å². The van der Waals surface area contributed by atoms with Crippen LogP contribution in [0.3, 0.4) is 0 Å². The van der Waals surface area contributed by atoms with Gasteiger partial charge in [0.25, 0.3) is 0 Å². The Hall–Kier alpha value is -1.75. The van der Waals surface area contributed by atoms with Crippen LogP contribution >= 0.6 is 0 Å². The van der Waals surface area contributed by atoms with Crippen molar-refractivity contribution in [1.82, 2.24) is 10.6 Å². The molecule has 0 aliphatic heterocycles. The number of amides is 1. The quantitative estimate of drug-likeness (QED) is 0.745. The van der Waals surface area contributed by atoms with Crippen LogP contribution in [0.5, 0.6) is 11.5 Å². The van der Waals surface area contributed by atoms with E-state index < -0.39 is 0 Å². The molecule has 5 heteroatoms. The van der Waals surface area contributed by atoms with E-state index in [0.717, 1.165) is 11.3 Å². The van der Waals surface area contributed by atoms with Gasteiger partial charge >= 0.3 is 0 Å². The Morgan fingerprint density at radius 2 is 2.05 bits per heavy atom. The molecular weight excluding hydrogens is 244 g/mol. The van der Waals surface area contributed by atoms with E-state index in [1.165, 1.54) is 0 Å². The number of nitrogens with one attached hydrogen (secondary N) is 2. The molecule has 0 bridgehead atoms. The van der Waals surface area contributed by atoms with E-state index in [-0.39, 0.29) is 5.91 Å². The van der Waals surface area contributed by atoms with Gasteiger partial charge in [-0.25, -0.2) is 0 Å². The number of likely N-dealkylation sites (N-methyl/N-ethyl adjacent to an activating group) is 1. The van der Waals surface area contributed by atoms with Crippen LogP contribution in [0.25, 0.3) is 0 Å². The molecule has 2 N–H and O–H groups in total. The summed E-state index contributed by atoms with van der Waals surface area (Å²) in [5.41, 5.74) is 1.05. The fraction of sp³-hybridized carbons (Fsp3) is 0.500. The van der Waals surface area contributed by atoms with Gasteiger partial charge in [0.1, 0.15) is 0 Å². The van der Waals surface area contributed by atoms with Crippen LogP contribution in [-0.4, -0.2) is 32.7 Å². The lowest BCUT2D eigenvalue weighted by atomic mass is 10.2. The average Bonchev–Trinajstić information content (AvgIpc) is 2.41. The van der Waals surface area contributed by atoms with Gasteiger partial charge in [0, 0.05) is 13.1 Å². The summed E-state index contributed by atoms with van der Waals surface area (Å²) in [6, 6.07) is 5.75. The van der Waals surface area contributed by atoms with Crippen LogP contribution in [-0.2, 0) is 11.3 Å². The maximum atomic E-state index is 11.3. The Morgan fingerprint density at radius 3 is 2.68 bits per heavy atom. The van der Waals surface area contributed by atoms with Crippen LogP contribution in [0, 0.1) is 0 Å². The molecular formula is C14H22N2O3. The summed E-state index contributed by atoms with van der Waals surface area (Å²) in [5, 5.41) is 5.81. The molecule has 1 aromatic rings. The van der Waals surface area contributed by atoms with Crippen LogP contribution in [0.1, 0.15) is 19.4 Å². The summed E-state index contributed by atoms with van der Waals surface area (Å²) in [6.45, 7) is 6.00. The molecule has 0 heterocycles. The highest BCUT2D eigenvalue weighted by molar-refractivity contribution is 5.77. The molecule has 0 atom stereocenters. The lowest BCUT2D eigenvalue weighted by Gasteiger charge is -2.11. The van der Waals surface area contributed by atoms with Gasteiger partial charge < -0.3 is 20.1 Å². The second kappa shape index (κ2) is 8.37. The Kier molecular flexibility index (Phi) is 6.74. The fourth-order valence-corrected chi connectivity index (χ4v) is 1.68. The molecule has 0 saturated heterocycles. The van der Waals surface area contributed by atoms with E-state index >= 15 is 0 Å². The molecule has 0 unspecified atom stereocenters. The number of methoxy groups -OCH3 is 1. The first-order valence-electron chi connectivity index (χ1n) is 6.48. The van der Waals surface area contributed by atoms with E-state index in [2.05, 4.69) is 10.6 Å². The highest BCUT2D eigenvalue weighted by atomic mass is 16.5. The largest absolute Gasteiger partial charge is 0.493 e. The van der Waals surface area contributed by atoms with Crippen molar-refractivity contribution in [1.29, 1.82) is 0 Å². The summed E-state index contributed by atoms with van der Waals surface area (Å²) in [4.78, 5) is 11.3. The predicted octanol–water partition coefficient (Wildman–Crippen LogP) is 1.32. The number of hydrogen-bond acceptors (Lipinski definition) is 4. The molecule has 0 aromatic heterocycles.